The van der Waals surface area contributed by atoms with E-state index in [-0.39, 0.29) is 12.0 Å². The normalized spacial score (nSPS) is 12.5. The second kappa shape index (κ2) is 8.03. The number of aliphatic hydroxyl groups excluding tert-OH is 1. The molecule has 118 valence electrons. The van der Waals surface area contributed by atoms with Crippen LogP contribution in [-0.2, 0) is 0 Å². The second-order valence-electron chi connectivity index (χ2n) is 5.81. The predicted molar refractivity (Wildman–Crippen MR) is 90.7 cm³/mol. The fraction of sp³-hybridized carbons (Fsp3) is 0.588. The first-order valence-electron chi connectivity index (χ1n) is 7.71. The SMILES string of the molecule is CCC(CC)(CCO)CN=C(N)Nc1ccc(C)c(C)c1. The summed E-state index contributed by atoms with van der Waals surface area (Å²) in [5.74, 6) is 0.433. The van der Waals surface area contributed by atoms with Gasteiger partial charge in [-0.3, -0.25) is 4.99 Å². The molecule has 1 aromatic rings. The average Bonchev–Trinajstić information content (AvgIpc) is 2.47. The van der Waals surface area contributed by atoms with Gasteiger partial charge < -0.3 is 16.2 Å². The van der Waals surface area contributed by atoms with Gasteiger partial charge in [0.15, 0.2) is 5.96 Å². The topological polar surface area (TPSA) is 70.6 Å². The third-order valence-electron chi connectivity index (χ3n) is 4.51. The molecule has 0 bridgehead atoms. The summed E-state index contributed by atoms with van der Waals surface area (Å²) in [6, 6.07) is 6.14. The Bertz CT molecular complexity index is 479. The van der Waals surface area contributed by atoms with Crippen LogP contribution in [0.5, 0.6) is 0 Å². The number of anilines is 1. The van der Waals surface area contributed by atoms with Gasteiger partial charge in [-0.05, 0) is 61.8 Å². The molecule has 4 heteroatoms. The van der Waals surface area contributed by atoms with Gasteiger partial charge in [0.25, 0.3) is 0 Å². The molecule has 0 atom stereocenters. The van der Waals surface area contributed by atoms with E-state index >= 15 is 0 Å². The molecule has 0 unspecified atom stereocenters. The molecule has 0 aliphatic carbocycles. The van der Waals surface area contributed by atoms with E-state index in [1.165, 1.54) is 11.1 Å². The molecule has 0 spiro atoms. The maximum Gasteiger partial charge on any atom is 0.193 e. The molecule has 0 aromatic heterocycles. The Hall–Kier alpha value is -1.55. The smallest absolute Gasteiger partial charge is 0.193 e. The molecule has 4 N–H and O–H groups in total. The van der Waals surface area contributed by atoms with Crippen molar-refractivity contribution in [1.29, 1.82) is 0 Å². The van der Waals surface area contributed by atoms with Crippen molar-refractivity contribution in [3.63, 3.8) is 0 Å². The van der Waals surface area contributed by atoms with E-state index in [9.17, 15) is 5.11 Å². The van der Waals surface area contributed by atoms with Crippen molar-refractivity contribution < 1.29 is 5.11 Å². The number of nitrogens with two attached hydrogens (primary N) is 1. The van der Waals surface area contributed by atoms with Gasteiger partial charge in [-0.1, -0.05) is 19.9 Å². The van der Waals surface area contributed by atoms with Crippen molar-refractivity contribution in [3.8, 4) is 0 Å². The van der Waals surface area contributed by atoms with Gasteiger partial charge >= 0.3 is 0 Å². The standard InChI is InChI=1S/C17H29N3O/c1-5-17(6-2,9-10-21)12-19-16(18)20-15-8-7-13(3)14(4)11-15/h7-8,11,21H,5-6,9-10,12H2,1-4H3,(H3,18,19,20). The molecular formula is C17H29N3O. The molecular weight excluding hydrogens is 262 g/mol. The molecule has 0 aliphatic heterocycles. The van der Waals surface area contributed by atoms with E-state index in [2.05, 4.69) is 50.1 Å². The first-order valence-corrected chi connectivity index (χ1v) is 7.71. The van der Waals surface area contributed by atoms with Crippen molar-refractivity contribution in [2.24, 2.45) is 16.1 Å². The molecule has 0 fully saturated rings. The number of benzene rings is 1. The molecule has 21 heavy (non-hydrogen) atoms. The lowest BCUT2D eigenvalue weighted by atomic mass is 9.79. The van der Waals surface area contributed by atoms with E-state index in [4.69, 9.17) is 5.73 Å². The maximum atomic E-state index is 9.23. The molecule has 0 aliphatic rings. The highest BCUT2D eigenvalue weighted by Gasteiger charge is 2.25. The minimum Gasteiger partial charge on any atom is -0.396 e. The quantitative estimate of drug-likeness (QED) is 0.533. The van der Waals surface area contributed by atoms with Crippen LogP contribution in [0.25, 0.3) is 0 Å². The van der Waals surface area contributed by atoms with Crippen LogP contribution in [0.2, 0.25) is 0 Å². The van der Waals surface area contributed by atoms with E-state index in [1.807, 2.05) is 6.07 Å². The van der Waals surface area contributed by atoms with Gasteiger partial charge in [-0.25, -0.2) is 0 Å². The van der Waals surface area contributed by atoms with E-state index in [0.717, 1.165) is 24.9 Å². The van der Waals surface area contributed by atoms with Crippen LogP contribution in [0.15, 0.2) is 23.2 Å². The van der Waals surface area contributed by atoms with Crippen molar-refractivity contribution in [2.75, 3.05) is 18.5 Å². The number of hydrogen-bond donors (Lipinski definition) is 3. The highest BCUT2D eigenvalue weighted by molar-refractivity contribution is 5.92. The summed E-state index contributed by atoms with van der Waals surface area (Å²) < 4.78 is 0. The fourth-order valence-corrected chi connectivity index (χ4v) is 2.40. The molecule has 0 saturated carbocycles. The lowest BCUT2D eigenvalue weighted by Crippen LogP contribution is -2.29. The van der Waals surface area contributed by atoms with Crippen LogP contribution in [0, 0.1) is 19.3 Å². The Morgan fingerprint density at radius 2 is 1.90 bits per heavy atom. The van der Waals surface area contributed by atoms with Gasteiger partial charge in [-0.15, -0.1) is 0 Å². The number of guanidine groups is 1. The fourth-order valence-electron chi connectivity index (χ4n) is 2.40. The third kappa shape index (κ3) is 5.05. The summed E-state index contributed by atoms with van der Waals surface area (Å²) in [5, 5.41) is 12.4. The molecule has 1 rings (SSSR count). The zero-order valence-corrected chi connectivity index (χ0v) is 13.7. The summed E-state index contributed by atoms with van der Waals surface area (Å²) in [6.45, 7) is 9.28. The Kier molecular flexibility index (Phi) is 6.69. The number of nitrogens with one attached hydrogen (secondary N) is 1. The minimum atomic E-state index is 0.0459. The number of aliphatic hydroxyl groups is 1. The van der Waals surface area contributed by atoms with Crippen molar-refractivity contribution >= 4 is 11.6 Å². The number of rotatable bonds is 7. The number of aryl methyl sites for hydroxylation is 2. The lowest BCUT2D eigenvalue weighted by molar-refractivity contribution is 0.175. The van der Waals surface area contributed by atoms with Gasteiger partial charge in [0.05, 0.1) is 0 Å². The van der Waals surface area contributed by atoms with Crippen molar-refractivity contribution in [1.82, 2.24) is 0 Å². The summed E-state index contributed by atoms with van der Waals surface area (Å²) in [5.41, 5.74) is 9.47. The van der Waals surface area contributed by atoms with E-state index in [0.29, 0.717) is 12.5 Å². The molecule has 1 aromatic carbocycles. The highest BCUT2D eigenvalue weighted by Crippen LogP contribution is 2.30. The largest absolute Gasteiger partial charge is 0.396 e. The maximum absolute atomic E-state index is 9.23. The van der Waals surface area contributed by atoms with Crippen LogP contribution in [0.1, 0.15) is 44.2 Å². The molecule has 0 saturated heterocycles. The van der Waals surface area contributed by atoms with E-state index in [1.54, 1.807) is 0 Å². The lowest BCUT2D eigenvalue weighted by Gasteiger charge is -2.29. The third-order valence-corrected chi connectivity index (χ3v) is 4.51. The number of hydrogen-bond acceptors (Lipinski definition) is 2. The Morgan fingerprint density at radius 1 is 1.24 bits per heavy atom. The predicted octanol–water partition coefficient (Wildman–Crippen LogP) is 3.22. The van der Waals surface area contributed by atoms with Crippen molar-refractivity contribution in [3.05, 3.63) is 29.3 Å². The summed E-state index contributed by atoms with van der Waals surface area (Å²) >= 11 is 0. The molecule has 0 heterocycles. The first-order chi connectivity index (χ1) is 9.96. The van der Waals surface area contributed by atoms with Gasteiger partial charge in [-0.2, -0.15) is 0 Å². The van der Waals surface area contributed by atoms with Gasteiger partial charge in [0.2, 0.25) is 0 Å². The minimum absolute atomic E-state index is 0.0459. The average molecular weight is 291 g/mol. The second-order valence-corrected chi connectivity index (χ2v) is 5.81. The zero-order valence-electron chi connectivity index (χ0n) is 13.7. The molecule has 0 radical (unpaired) electrons. The van der Waals surface area contributed by atoms with Gasteiger partial charge in [0.1, 0.15) is 0 Å². The first kappa shape index (κ1) is 17.5. The van der Waals surface area contributed by atoms with Crippen LogP contribution in [0.3, 0.4) is 0 Å². The monoisotopic (exact) mass is 291 g/mol. The zero-order chi connectivity index (χ0) is 15.9. The van der Waals surface area contributed by atoms with Crippen LogP contribution >= 0.6 is 0 Å². The molecule has 4 nitrogen and oxygen atoms in total. The van der Waals surface area contributed by atoms with Crippen LogP contribution < -0.4 is 11.1 Å². The molecule has 0 amide bonds. The van der Waals surface area contributed by atoms with Crippen molar-refractivity contribution in [2.45, 2.75) is 47.0 Å². The summed E-state index contributed by atoms with van der Waals surface area (Å²) in [6.07, 6.45) is 2.75. The Labute approximate surface area is 128 Å². The van der Waals surface area contributed by atoms with Gasteiger partial charge in [0, 0.05) is 18.8 Å². The summed E-state index contributed by atoms with van der Waals surface area (Å²) in [4.78, 5) is 4.48. The van der Waals surface area contributed by atoms with Crippen LogP contribution in [0.4, 0.5) is 5.69 Å². The number of aliphatic imine (C=N–C) groups is 1. The van der Waals surface area contributed by atoms with E-state index < -0.39 is 0 Å². The highest BCUT2D eigenvalue weighted by atomic mass is 16.3. The number of nitrogens with zero attached hydrogens (tertiary/aromatic N) is 1. The Morgan fingerprint density at radius 3 is 2.43 bits per heavy atom. The van der Waals surface area contributed by atoms with Crippen LogP contribution in [-0.4, -0.2) is 24.2 Å². The summed E-state index contributed by atoms with van der Waals surface area (Å²) in [7, 11) is 0. The Balaban J connectivity index is 2.73.